The SMILES string of the molecule is CN1CCC2(C1=O)C(c1ccccc1)N(C)OC2(O)C(F)(F)F. The molecule has 0 aromatic heterocycles. The van der Waals surface area contributed by atoms with Crippen molar-refractivity contribution in [3.63, 3.8) is 0 Å². The number of aliphatic hydroxyl groups is 1. The van der Waals surface area contributed by atoms with Gasteiger partial charge in [0.2, 0.25) is 5.91 Å². The van der Waals surface area contributed by atoms with Crippen molar-refractivity contribution in [2.45, 2.75) is 24.4 Å². The van der Waals surface area contributed by atoms with Crippen molar-refractivity contribution in [3.05, 3.63) is 35.9 Å². The highest BCUT2D eigenvalue weighted by atomic mass is 19.4. The molecule has 2 saturated heterocycles. The molecule has 2 heterocycles. The average molecular weight is 330 g/mol. The number of carbonyl (C=O) groups excluding carboxylic acids is 1. The molecule has 1 N–H and O–H groups in total. The second-order valence-corrected chi connectivity index (χ2v) is 6.04. The van der Waals surface area contributed by atoms with Gasteiger partial charge in [0.25, 0.3) is 5.79 Å². The number of hydroxylamine groups is 2. The van der Waals surface area contributed by atoms with Gasteiger partial charge in [0, 0.05) is 20.6 Å². The highest BCUT2D eigenvalue weighted by Crippen LogP contribution is 2.62. The van der Waals surface area contributed by atoms with Crippen LogP contribution in [0.2, 0.25) is 0 Å². The molecule has 2 fully saturated rings. The van der Waals surface area contributed by atoms with Crippen LogP contribution in [0, 0.1) is 5.41 Å². The fourth-order valence-electron chi connectivity index (χ4n) is 3.73. The van der Waals surface area contributed by atoms with Crippen LogP contribution in [-0.4, -0.2) is 53.6 Å². The van der Waals surface area contributed by atoms with Gasteiger partial charge in [-0.15, -0.1) is 0 Å². The van der Waals surface area contributed by atoms with Crippen LogP contribution in [0.1, 0.15) is 18.0 Å². The Labute approximate surface area is 131 Å². The maximum absolute atomic E-state index is 13.6. The molecule has 5 nitrogen and oxygen atoms in total. The minimum atomic E-state index is -5.11. The molecule has 0 aliphatic carbocycles. The molecule has 23 heavy (non-hydrogen) atoms. The van der Waals surface area contributed by atoms with Crippen LogP contribution in [0.5, 0.6) is 0 Å². The third-order valence-electron chi connectivity index (χ3n) is 4.78. The Morgan fingerprint density at radius 3 is 2.35 bits per heavy atom. The first kappa shape index (κ1) is 16.2. The van der Waals surface area contributed by atoms with Crippen LogP contribution in [-0.2, 0) is 9.63 Å². The third-order valence-corrected chi connectivity index (χ3v) is 4.78. The fourth-order valence-corrected chi connectivity index (χ4v) is 3.73. The molecule has 1 aromatic carbocycles. The topological polar surface area (TPSA) is 53.0 Å². The van der Waals surface area contributed by atoms with E-state index in [9.17, 15) is 23.1 Å². The van der Waals surface area contributed by atoms with E-state index in [2.05, 4.69) is 0 Å². The number of nitrogens with zero attached hydrogens (tertiary/aromatic N) is 2. The van der Waals surface area contributed by atoms with Gasteiger partial charge >= 0.3 is 6.18 Å². The van der Waals surface area contributed by atoms with E-state index < -0.39 is 29.3 Å². The van der Waals surface area contributed by atoms with Crippen molar-refractivity contribution < 1.29 is 27.9 Å². The van der Waals surface area contributed by atoms with Gasteiger partial charge in [-0.1, -0.05) is 30.3 Å². The average Bonchev–Trinajstić information content (AvgIpc) is 2.90. The lowest BCUT2D eigenvalue weighted by atomic mass is 9.69. The van der Waals surface area contributed by atoms with E-state index in [1.54, 1.807) is 30.3 Å². The zero-order valence-corrected chi connectivity index (χ0v) is 12.7. The maximum Gasteiger partial charge on any atom is 0.445 e. The number of rotatable bonds is 1. The summed E-state index contributed by atoms with van der Waals surface area (Å²) >= 11 is 0. The Hall–Kier alpha value is -1.64. The summed E-state index contributed by atoms with van der Waals surface area (Å²) in [6, 6.07) is 7.29. The zero-order valence-electron chi connectivity index (χ0n) is 12.7. The van der Waals surface area contributed by atoms with Crippen LogP contribution in [0.3, 0.4) is 0 Å². The molecule has 0 bridgehead atoms. The summed E-state index contributed by atoms with van der Waals surface area (Å²) in [7, 11) is 2.73. The first-order valence-corrected chi connectivity index (χ1v) is 7.17. The molecule has 3 atom stereocenters. The molecular formula is C15H17F3N2O3. The first-order valence-electron chi connectivity index (χ1n) is 7.17. The van der Waals surface area contributed by atoms with Gasteiger partial charge in [-0.3, -0.25) is 9.63 Å². The predicted octanol–water partition coefficient (Wildman–Crippen LogP) is 1.70. The molecule has 1 spiro atoms. The summed E-state index contributed by atoms with van der Waals surface area (Å²) in [5, 5.41) is 11.4. The Morgan fingerprint density at radius 2 is 1.87 bits per heavy atom. The Bertz CT molecular complexity index is 624. The number of hydrogen-bond donors (Lipinski definition) is 1. The molecule has 8 heteroatoms. The number of halogens is 3. The van der Waals surface area contributed by atoms with Gasteiger partial charge in [-0.25, -0.2) is 0 Å². The van der Waals surface area contributed by atoms with Crippen LogP contribution in [0.15, 0.2) is 30.3 Å². The minimum absolute atomic E-state index is 0.123. The highest BCUT2D eigenvalue weighted by molar-refractivity contribution is 5.87. The lowest BCUT2D eigenvalue weighted by molar-refractivity contribution is -0.410. The summed E-state index contributed by atoms with van der Waals surface area (Å²) in [5.41, 5.74) is -1.64. The van der Waals surface area contributed by atoms with Crippen molar-refractivity contribution in [3.8, 4) is 0 Å². The summed E-state index contributed by atoms with van der Waals surface area (Å²) in [4.78, 5) is 18.7. The largest absolute Gasteiger partial charge is 0.445 e. The number of carbonyl (C=O) groups is 1. The fraction of sp³-hybridized carbons (Fsp3) is 0.533. The molecule has 0 radical (unpaired) electrons. The van der Waals surface area contributed by atoms with Crippen molar-refractivity contribution in [1.29, 1.82) is 0 Å². The molecule has 1 amide bonds. The highest BCUT2D eigenvalue weighted by Gasteiger charge is 2.80. The van der Waals surface area contributed by atoms with Crippen molar-refractivity contribution in [2.24, 2.45) is 5.41 Å². The first-order chi connectivity index (χ1) is 10.6. The summed E-state index contributed by atoms with van der Waals surface area (Å²) in [6.07, 6.45) is -5.26. The van der Waals surface area contributed by atoms with Crippen LogP contribution in [0.25, 0.3) is 0 Å². The monoisotopic (exact) mass is 330 g/mol. The van der Waals surface area contributed by atoms with E-state index in [4.69, 9.17) is 4.84 Å². The molecule has 126 valence electrons. The second kappa shape index (κ2) is 4.93. The third kappa shape index (κ3) is 1.95. The number of amides is 1. The van der Waals surface area contributed by atoms with E-state index in [1.807, 2.05) is 0 Å². The zero-order chi connectivity index (χ0) is 17.0. The van der Waals surface area contributed by atoms with Gasteiger partial charge in [0.15, 0.2) is 0 Å². The quantitative estimate of drug-likeness (QED) is 0.852. The van der Waals surface area contributed by atoms with Crippen molar-refractivity contribution in [2.75, 3.05) is 20.6 Å². The molecule has 0 saturated carbocycles. The molecule has 3 unspecified atom stereocenters. The van der Waals surface area contributed by atoms with E-state index >= 15 is 0 Å². The lowest BCUT2D eigenvalue weighted by Gasteiger charge is -2.38. The number of alkyl halides is 3. The molecule has 1 aromatic rings. The van der Waals surface area contributed by atoms with Crippen molar-refractivity contribution in [1.82, 2.24) is 9.96 Å². The Balaban J connectivity index is 2.22. The van der Waals surface area contributed by atoms with Crippen LogP contribution >= 0.6 is 0 Å². The van der Waals surface area contributed by atoms with Gasteiger partial charge in [-0.05, 0) is 12.0 Å². The minimum Gasteiger partial charge on any atom is -0.356 e. The number of benzene rings is 1. The van der Waals surface area contributed by atoms with E-state index in [1.165, 1.54) is 19.0 Å². The predicted molar refractivity (Wildman–Crippen MR) is 73.7 cm³/mol. The lowest BCUT2D eigenvalue weighted by Crippen LogP contribution is -2.60. The summed E-state index contributed by atoms with van der Waals surface area (Å²) in [6.45, 7) is 0.123. The van der Waals surface area contributed by atoms with Gasteiger partial charge in [-0.2, -0.15) is 18.2 Å². The van der Waals surface area contributed by atoms with Gasteiger partial charge in [0.05, 0.1) is 6.04 Å². The number of likely N-dealkylation sites (tertiary alicyclic amines) is 1. The molecular weight excluding hydrogens is 313 g/mol. The van der Waals surface area contributed by atoms with Gasteiger partial charge < -0.3 is 10.0 Å². The van der Waals surface area contributed by atoms with Crippen LogP contribution < -0.4 is 0 Å². The Morgan fingerprint density at radius 1 is 1.26 bits per heavy atom. The van der Waals surface area contributed by atoms with Crippen LogP contribution in [0.4, 0.5) is 13.2 Å². The normalized spacial score (nSPS) is 35.5. The smallest absolute Gasteiger partial charge is 0.356 e. The molecule has 3 rings (SSSR count). The summed E-state index contributed by atoms with van der Waals surface area (Å²) < 4.78 is 40.9. The van der Waals surface area contributed by atoms with E-state index in [0.717, 1.165) is 5.06 Å². The summed E-state index contributed by atoms with van der Waals surface area (Å²) in [5.74, 6) is -4.33. The molecule has 2 aliphatic heterocycles. The Kier molecular flexibility index (Phi) is 3.48. The van der Waals surface area contributed by atoms with E-state index in [0.29, 0.717) is 5.56 Å². The maximum atomic E-state index is 13.6. The van der Waals surface area contributed by atoms with Crippen molar-refractivity contribution >= 4 is 5.91 Å². The molecule has 2 aliphatic rings. The van der Waals surface area contributed by atoms with Gasteiger partial charge in [0.1, 0.15) is 5.41 Å². The second-order valence-electron chi connectivity index (χ2n) is 6.04. The standard InChI is InChI=1S/C15H17F3N2O3/c1-19-9-8-13(12(19)21)11(10-6-4-3-5-7-10)20(2)23-14(13,22)15(16,17)18/h3-7,11,22H,8-9H2,1-2H3. The number of hydrogen-bond acceptors (Lipinski definition) is 4. The van der Waals surface area contributed by atoms with E-state index in [-0.39, 0.29) is 13.0 Å².